The first kappa shape index (κ1) is 21.2. The van der Waals surface area contributed by atoms with E-state index in [0.29, 0.717) is 30.2 Å². The van der Waals surface area contributed by atoms with Gasteiger partial charge in [0.1, 0.15) is 23.0 Å². The fourth-order valence-corrected chi connectivity index (χ4v) is 4.97. The van der Waals surface area contributed by atoms with Crippen LogP contribution in [0.15, 0.2) is 52.9 Å². The summed E-state index contributed by atoms with van der Waals surface area (Å²) >= 11 is 0. The van der Waals surface area contributed by atoms with Crippen LogP contribution in [0.25, 0.3) is 22.0 Å². The Hall–Kier alpha value is -3.63. The van der Waals surface area contributed by atoms with E-state index in [1.165, 1.54) is 0 Å². The van der Waals surface area contributed by atoms with Gasteiger partial charge in [-0.05, 0) is 56.9 Å². The third kappa shape index (κ3) is 4.10. The molecule has 2 atom stereocenters. The summed E-state index contributed by atoms with van der Waals surface area (Å²) in [4.78, 5) is 22.9. The lowest BCUT2D eigenvalue weighted by atomic mass is 9.89. The van der Waals surface area contributed by atoms with Crippen molar-refractivity contribution in [1.29, 1.82) is 5.26 Å². The summed E-state index contributed by atoms with van der Waals surface area (Å²) in [5.41, 5.74) is 3.01. The second kappa shape index (κ2) is 9.08. The van der Waals surface area contributed by atoms with Gasteiger partial charge in [0.05, 0.1) is 17.6 Å². The first-order chi connectivity index (χ1) is 16.2. The van der Waals surface area contributed by atoms with Crippen LogP contribution in [-0.2, 0) is 6.54 Å². The Labute approximate surface area is 192 Å². The van der Waals surface area contributed by atoms with Crippen molar-refractivity contribution in [3.8, 4) is 6.07 Å². The molecule has 0 saturated heterocycles. The highest BCUT2D eigenvalue weighted by molar-refractivity contribution is 5.94. The Bertz CT molecular complexity index is 1300. The minimum absolute atomic E-state index is 0.0524. The number of imidazole rings is 1. The Morgan fingerprint density at radius 3 is 2.88 bits per heavy atom. The molecular formula is C26H27N5O2. The molecule has 4 aromatic rings. The number of nitriles is 1. The summed E-state index contributed by atoms with van der Waals surface area (Å²) in [5.74, 6) is 1.02. The number of carbonyl (C=O) groups is 1. The van der Waals surface area contributed by atoms with Gasteiger partial charge in [-0.25, -0.2) is 4.98 Å². The number of amides is 1. The number of para-hydroxylation sites is 3. The largest absolute Gasteiger partial charge is 0.458 e. The van der Waals surface area contributed by atoms with E-state index in [9.17, 15) is 10.1 Å². The molecule has 0 bridgehead atoms. The highest BCUT2D eigenvalue weighted by atomic mass is 16.3. The maximum absolute atomic E-state index is 13.3. The van der Waals surface area contributed by atoms with Crippen molar-refractivity contribution in [2.24, 2.45) is 0 Å². The Balaban J connectivity index is 1.28. The van der Waals surface area contributed by atoms with Gasteiger partial charge < -0.3 is 19.6 Å². The molecule has 7 nitrogen and oxygen atoms in total. The minimum Gasteiger partial charge on any atom is -0.458 e. The fourth-order valence-electron chi connectivity index (χ4n) is 4.97. The summed E-state index contributed by atoms with van der Waals surface area (Å²) in [6, 6.07) is 18.0. The molecule has 2 N–H and O–H groups in total. The Morgan fingerprint density at radius 1 is 1.24 bits per heavy atom. The summed E-state index contributed by atoms with van der Waals surface area (Å²) in [5, 5.41) is 14.1. The molecule has 2 aromatic heterocycles. The molecule has 33 heavy (non-hydrogen) atoms. The van der Waals surface area contributed by atoms with Crippen molar-refractivity contribution in [2.45, 2.75) is 51.2 Å². The SMILES string of the molecule is CCN(C(=O)c1nc2ccccc2[nH]1)C1CCCC(NCc2oc3ccccc3c2C#N)C1. The third-order valence-electron chi connectivity index (χ3n) is 6.61. The molecule has 1 aliphatic rings. The van der Waals surface area contributed by atoms with Gasteiger partial charge in [-0.1, -0.05) is 24.3 Å². The monoisotopic (exact) mass is 441 g/mol. The van der Waals surface area contributed by atoms with Crippen molar-refractivity contribution in [2.75, 3.05) is 6.54 Å². The van der Waals surface area contributed by atoms with Crippen molar-refractivity contribution in [3.05, 3.63) is 65.7 Å². The van der Waals surface area contributed by atoms with Gasteiger partial charge in [0, 0.05) is 24.0 Å². The molecule has 2 heterocycles. The molecule has 1 aliphatic carbocycles. The number of nitrogens with one attached hydrogen (secondary N) is 2. The van der Waals surface area contributed by atoms with Gasteiger partial charge in [0.25, 0.3) is 5.91 Å². The molecule has 2 aromatic carbocycles. The molecule has 5 rings (SSSR count). The van der Waals surface area contributed by atoms with E-state index >= 15 is 0 Å². The van der Waals surface area contributed by atoms with E-state index in [1.807, 2.05) is 60.4 Å². The van der Waals surface area contributed by atoms with Crippen LogP contribution in [0, 0.1) is 11.3 Å². The summed E-state index contributed by atoms with van der Waals surface area (Å²) in [6.07, 6.45) is 3.92. The van der Waals surface area contributed by atoms with E-state index in [1.54, 1.807) is 0 Å². The first-order valence-corrected chi connectivity index (χ1v) is 11.6. The Kier molecular flexibility index (Phi) is 5.84. The molecule has 168 valence electrons. The molecule has 0 spiro atoms. The Morgan fingerprint density at radius 2 is 2.06 bits per heavy atom. The lowest BCUT2D eigenvalue weighted by Crippen LogP contribution is -2.47. The van der Waals surface area contributed by atoms with Gasteiger partial charge in [0.15, 0.2) is 5.82 Å². The normalized spacial score (nSPS) is 18.4. The van der Waals surface area contributed by atoms with Gasteiger partial charge in [-0.2, -0.15) is 5.26 Å². The topological polar surface area (TPSA) is 97.9 Å². The first-order valence-electron chi connectivity index (χ1n) is 11.6. The minimum atomic E-state index is -0.0524. The van der Waals surface area contributed by atoms with Gasteiger partial charge in [-0.15, -0.1) is 0 Å². The van der Waals surface area contributed by atoms with E-state index in [0.717, 1.165) is 47.7 Å². The quantitative estimate of drug-likeness (QED) is 0.450. The zero-order valence-electron chi connectivity index (χ0n) is 18.7. The average Bonchev–Trinajstić information content (AvgIpc) is 3.44. The van der Waals surface area contributed by atoms with Crippen LogP contribution in [0.1, 0.15) is 54.5 Å². The number of furan rings is 1. The highest BCUT2D eigenvalue weighted by Gasteiger charge is 2.30. The molecule has 2 unspecified atom stereocenters. The zero-order chi connectivity index (χ0) is 22.8. The molecular weight excluding hydrogens is 414 g/mol. The van der Waals surface area contributed by atoms with Gasteiger partial charge in [-0.3, -0.25) is 4.79 Å². The smallest absolute Gasteiger partial charge is 0.289 e. The number of aromatic nitrogens is 2. The number of benzene rings is 2. The molecule has 7 heteroatoms. The van der Waals surface area contributed by atoms with Crippen LogP contribution < -0.4 is 5.32 Å². The predicted octanol–water partition coefficient (Wildman–Crippen LogP) is 4.74. The van der Waals surface area contributed by atoms with E-state index < -0.39 is 0 Å². The lowest BCUT2D eigenvalue weighted by molar-refractivity contribution is 0.0616. The summed E-state index contributed by atoms with van der Waals surface area (Å²) < 4.78 is 5.94. The maximum atomic E-state index is 13.3. The number of aromatic amines is 1. The number of carbonyl (C=O) groups excluding carboxylic acids is 1. The van der Waals surface area contributed by atoms with Gasteiger partial charge in [0.2, 0.25) is 0 Å². The molecule has 1 fully saturated rings. The number of hydrogen-bond acceptors (Lipinski definition) is 5. The number of H-pyrrole nitrogens is 1. The molecule has 1 amide bonds. The molecule has 0 radical (unpaired) electrons. The van der Waals surface area contributed by atoms with E-state index in [2.05, 4.69) is 21.4 Å². The van der Waals surface area contributed by atoms with Crippen LogP contribution in [-0.4, -0.2) is 39.4 Å². The summed E-state index contributed by atoms with van der Waals surface area (Å²) in [7, 11) is 0. The molecule has 1 saturated carbocycles. The van der Waals surface area contributed by atoms with Crippen LogP contribution in [0.3, 0.4) is 0 Å². The third-order valence-corrected chi connectivity index (χ3v) is 6.61. The van der Waals surface area contributed by atoms with Crippen molar-refractivity contribution >= 4 is 27.9 Å². The number of fused-ring (bicyclic) bond motifs is 2. The van der Waals surface area contributed by atoms with Crippen LogP contribution >= 0.6 is 0 Å². The summed E-state index contributed by atoms with van der Waals surface area (Å²) in [6.45, 7) is 3.15. The van der Waals surface area contributed by atoms with E-state index in [4.69, 9.17) is 4.42 Å². The highest BCUT2D eigenvalue weighted by Crippen LogP contribution is 2.27. The second-order valence-corrected chi connectivity index (χ2v) is 8.60. The van der Waals surface area contributed by atoms with Crippen LogP contribution in [0.2, 0.25) is 0 Å². The number of nitrogens with zero attached hydrogens (tertiary/aromatic N) is 3. The fraction of sp³-hybridized carbons (Fsp3) is 0.346. The van der Waals surface area contributed by atoms with Crippen LogP contribution in [0.5, 0.6) is 0 Å². The van der Waals surface area contributed by atoms with Crippen LogP contribution in [0.4, 0.5) is 0 Å². The number of rotatable bonds is 6. The van der Waals surface area contributed by atoms with Gasteiger partial charge >= 0.3 is 0 Å². The van der Waals surface area contributed by atoms with Crippen molar-refractivity contribution in [3.63, 3.8) is 0 Å². The second-order valence-electron chi connectivity index (χ2n) is 8.60. The van der Waals surface area contributed by atoms with E-state index in [-0.39, 0.29) is 18.0 Å². The standard InChI is InChI=1S/C26H27N5O2/c1-2-31(26(32)25-29-21-11-4-5-12-22(21)30-25)18-9-7-8-17(14-18)28-16-24-20(15-27)19-10-3-6-13-23(19)33-24/h3-6,10-13,17-18,28H,2,7-9,14,16H2,1H3,(H,29,30). The average molecular weight is 442 g/mol. The van der Waals surface area contributed by atoms with Crippen molar-refractivity contribution in [1.82, 2.24) is 20.2 Å². The lowest BCUT2D eigenvalue weighted by Gasteiger charge is -2.37. The predicted molar refractivity (Wildman–Crippen MR) is 127 cm³/mol. The molecule has 0 aliphatic heterocycles. The maximum Gasteiger partial charge on any atom is 0.289 e. The zero-order valence-corrected chi connectivity index (χ0v) is 18.7. The number of hydrogen-bond donors (Lipinski definition) is 2. The van der Waals surface area contributed by atoms with Crippen molar-refractivity contribution < 1.29 is 9.21 Å².